The minimum absolute atomic E-state index is 0.0829. The van der Waals surface area contributed by atoms with Crippen molar-refractivity contribution >= 4 is 17.9 Å². The fraction of sp³-hybridized carbons (Fsp3) is 0.803. The van der Waals surface area contributed by atoms with Crippen molar-refractivity contribution in [2.75, 3.05) is 13.2 Å². The monoisotopic (exact) mass is 1150 g/mol. The summed E-state index contributed by atoms with van der Waals surface area (Å²) >= 11 is 0. The molecule has 0 aromatic carbocycles. The highest BCUT2D eigenvalue weighted by Crippen LogP contribution is 2.18. The van der Waals surface area contributed by atoms with E-state index in [4.69, 9.17) is 14.2 Å². The van der Waals surface area contributed by atoms with Crippen molar-refractivity contribution in [3.05, 3.63) is 72.9 Å². The molecule has 0 saturated carbocycles. The third-order valence-electron chi connectivity index (χ3n) is 15.9. The summed E-state index contributed by atoms with van der Waals surface area (Å²) in [5.74, 6) is -0.892. The van der Waals surface area contributed by atoms with E-state index in [-0.39, 0.29) is 31.1 Å². The van der Waals surface area contributed by atoms with Crippen molar-refractivity contribution in [2.45, 2.75) is 380 Å². The normalized spacial score (nSPS) is 12.5. The standard InChI is InChI=1S/C76H136O6/c1-4-7-10-13-16-19-22-25-27-29-31-33-34-35-36-37-38-39-40-41-43-44-46-48-51-54-57-60-63-66-69-75(78)81-72-73(71-80-74(77)68-65-62-59-56-53-50-24-21-18-15-12-9-6-3)82-76(79)70-67-64-61-58-55-52-49-47-45-42-32-30-28-26-23-20-17-14-11-8-5-2/h8,11,17,20-21,24,26,28,32,42,47,49,73H,4-7,9-10,12-16,18-19,22-23,25,27,29-31,33-41,43-46,48,50-72H2,1-3H3/b11-8-,20-17-,24-21-,28-26-,42-32-,49-47-. The molecule has 0 aliphatic heterocycles. The van der Waals surface area contributed by atoms with Crippen LogP contribution in [0.4, 0.5) is 0 Å². The lowest BCUT2D eigenvalue weighted by Crippen LogP contribution is -2.30. The van der Waals surface area contributed by atoms with Gasteiger partial charge in [-0.15, -0.1) is 0 Å². The molecule has 0 saturated heterocycles. The Labute approximate surface area is 510 Å². The second-order valence-corrected chi connectivity index (χ2v) is 24.1. The quantitative estimate of drug-likeness (QED) is 0.0261. The van der Waals surface area contributed by atoms with Crippen LogP contribution in [0.5, 0.6) is 0 Å². The number of ether oxygens (including phenoxy) is 3. The molecule has 0 spiro atoms. The Hall–Kier alpha value is -3.15. The van der Waals surface area contributed by atoms with Crippen LogP contribution in [0, 0.1) is 0 Å². The zero-order valence-corrected chi connectivity index (χ0v) is 54.8. The Bertz CT molecular complexity index is 1500. The lowest BCUT2D eigenvalue weighted by molar-refractivity contribution is -0.167. The van der Waals surface area contributed by atoms with Crippen LogP contribution < -0.4 is 0 Å². The molecule has 6 heteroatoms. The van der Waals surface area contributed by atoms with E-state index in [9.17, 15) is 14.4 Å². The third-order valence-corrected chi connectivity index (χ3v) is 15.9. The average Bonchev–Trinajstić information content (AvgIpc) is 3.47. The molecule has 0 aromatic rings. The molecule has 0 bridgehead atoms. The molecule has 0 N–H and O–H groups in total. The average molecular weight is 1150 g/mol. The number of unbranched alkanes of at least 4 members (excludes halogenated alkanes) is 43. The molecule has 0 fully saturated rings. The maximum Gasteiger partial charge on any atom is 0.306 e. The number of carbonyl (C=O) groups excluding carboxylic acids is 3. The van der Waals surface area contributed by atoms with Crippen molar-refractivity contribution in [3.63, 3.8) is 0 Å². The predicted octanol–water partition coefficient (Wildman–Crippen LogP) is 24.8. The molecule has 0 radical (unpaired) electrons. The van der Waals surface area contributed by atoms with Gasteiger partial charge in [0.15, 0.2) is 6.10 Å². The van der Waals surface area contributed by atoms with E-state index < -0.39 is 6.10 Å². The van der Waals surface area contributed by atoms with E-state index in [2.05, 4.69) is 93.7 Å². The highest BCUT2D eigenvalue weighted by atomic mass is 16.6. The van der Waals surface area contributed by atoms with Gasteiger partial charge in [-0.3, -0.25) is 14.4 Å². The molecule has 0 aliphatic rings. The van der Waals surface area contributed by atoms with E-state index in [1.165, 1.54) is 218 Å². The zero-order valence-electron chi connectivity index (χ0n) is 54.8. The van der Waals surface area contributed by atoms with Crippen molar-refractivity contribution in [1.82, 2.24) is 0 Å². The van der Waals surface area contributed by atoms with Crippen LogP contribution in [0.2, 0.25) is 0 Å². The summed E-state index contributed by atoms with van der Waals surface area (Å²) in [6.07, 6.45) is 92.3. The SMILES string of the molecule is CC/C=C\C/C=C\C/C=C\C/C=C\C/C=C\CCCCCCCC(=O)OC(COC(=O)CCCCCCC/C=C\CCCCCC)COC(=O)CCCCCCCCCCCCCCCCCCCCCCCCCCCCCCCC. The van der Waals surface area contributed by atoms with Gasteiger partial charge in [0, 0.05) is 19.3 Å². The van der Waals surface area contributed by atoms with Crippen LogP contribution in [0.3, 0.4) is 0 Å². The number of hydrogen-bond donors (Lipinski definition) is 0. The topological polar surface area (TPSA) is 78.9 Å². The summed E-state index contributed by atoms with van der Waals surface area (Å²) in [5.41, 5.74) is 0. The first kappa shape index (κ1) is 78.8. The first-order chi connectivity index (χ1) is 40.5. The van der Waals surface area contributed by atoms with Gasteiger partial charge in [-0.1, -0.05) is 338 Å². The highest BCUT2D eigenvalue weighted by Gasteiger charge is 2.19. The van der Waals surface area contributed by atoms with E-state index in [1.54, 1.807) is 0 Å². The van der Waals surface area contributed by atoms with Crippen molar-refractivity contribution in [1.29, 1.82) is 0 Å². The van der Waals surface area contributed by atoms with Gasteiger partial charge in [-0.2, -0.15) is 0 Å². The van der Waals surface area contributed by atoms with E-state index in [0.717, 1.165) is 116 Å². The fourth-order valence-corrected chi connectivity index (χ4v) is 10.6. The molecule has 0 amide bonds. The molecule has 0 rings (SSSR count). The second kappa shape index (κ2) is 70.3. The van der Waals surface area contributed by atoms with E-state index >= 15 is 0 Å². The predicted molar refractivity (Wildman–Crippen MR) is 358 cm³/mol. The minimum Gasteiger partial charge on any atom is -0.462 e. The zero-order chi connectivity index (χ0) is 59.2. The van der Waals surface area contributed by atoms with Gasteiger partial charge in [0.2, 0.25) is 0 Å². The van der Waals surface area contributed by atoms with Crippen LogP contribution in [0.15, 0.2) is 72.9 Å². The van der Waals surface area contributed by atoms with Gasteiger partial charge in [0.25, 0.3) is 0 Å². The summed E-state index contributed by atoms with van der Waals surface area (Å²) in [6, 6.07) is 0. The van der Waals surface area contributed by atoms with E-state index in [1.807, 2.05) is 0 Å². The number of carbonyl (C=O) groups is 3. The summed E-state index contributed by atoms with van der Waals surface area (Å²) in [4.78, 5) is 38.4. The summed E-state index contributed by atoms with van der Waals surface area (Å²) in [6.45, 7) is 6.54. The largest absolute Gasteiger partial charge is 0.462 e. The van der Waals surface area contributed by atoms with Crippen LogP contribution in [-0.4, -0.2) is 37.2 Å². The first-order valence-electron chi connectivity index (χ1n) is 35.9. The van der Waals surface area contributed by atoms with E-state index in [0.29, 0.717) is 19.3 Å². The molecule has 1 atom stereocenters. The number of hydrogen-bond acceptors (Lipinski definition) is 6. The second-order valence-electron chi connectivity index (χ2n) is 24.1. The number of allylic oxidation sites excluding steroid dienone is 12. The van der Waals surface area contributed by atoms with Crippen molar-refractivity contribution < 1.29 is 28.6 Å². The van der Waals surface area contributed by atoms with Gasteiger partial charge in [-0.25, -0.2) is 0 Å². The Balaban J connectivity index is 4.22. The minimum atomic E-state index is -0.790. The summed E-state index contributed by atoms with van der Waals surface area (Å²) in [7, 11) is 0. The Kier molecular flexibility index (Phi) is 67.6. The molecule has 0 aliphatic carbocycles. The van der Waals surface area contributed by atoms with Gasteiger partial charge < -0.3 is 14.2 Å². The summed E-state index contributed by atoms with van der Waals surface area (Å²) in [5, 5.41) is 0. The maximum absolute atomic E-state index is 12.9. The molecular weight excluding hydrogens is 1010 g/mol. The molecule has 82 heavy (non-hydrogen) atoms. The number of rotatable bonds is 66. The smallest absolute Gasteiger partial charge is 0.306 e. The van der Waals surface area contributed by atoms with Crippen molar-refractivity contribution in [2.24, 2.45) is 0 Å². The molecule has 0 aromatic heterocycles. The van der Waals surface area contributed by atoms with Crippen LogP contribution in [0.1, 0.15) is 374 Å². The van der Waals surface area contributed by atoms with Crippen LogP contribution >= 0.6 is 0 Å². The highest BCUT2D eigenvalue weighted by molar-refractivity contribution is 5.71. The molecule has 0 heterocycles. The number of esters is 3. The lowest BCUT2D eigenvalue weighted by atomic mass is 10.0. The van der Waals surface area contributed by atoms with Gasteiger partial charge >= 0.3 is 17.9 Å². The third kappa shape index (κ3) is 67.6. The van der Waals surface area contributed by atoms with Gasteiger partial charge in [-0.05, 0) is 89.9 Å². The van der Waals surface area contributed by atoms with Gasteiger partial charge in [0.05, 0.1) is 0 Å². The molecule has 6 nitrogen and oxygen atoms in total. The Morgan fingerprint density at radius 3 is 0.768 bits per heavy atom. The fourth-order valence-electron chi connectivity index (χ4n) is 10.6. The molecule has 476 valence electrons. The summed E-state index contributed by atoms with van der Waals surface area (Å²) < 4.78 is 17.0. The molecular formula is C76H136O6. The van der Waals surface area contributed by atoms with Crippen LogP contribution in [-0.2, 0) is 28.6 Å². The Morgan fingerprint density at radius 2 is 0.476 bits per heavy atom. The Morgan fingerprint density at radius 1 is 0.256 bits per heavy atom. The van der Waals surface area contributed by atoms with Gasteiger partial charge in [0.1, 0.15) is 13.2 Å². The first-order valence-corrected chi connectivity index (χ1v) is 35.9. The van der Waals surface area contributed by atoms with Crippen LogP contribution in [0.25, 0.3) is 0 Å². The van der Waals surface area contributed by atoms with Crippen molar-refractivity contribution in [3.8, 4) is 0 Å². The molecule has 1 unspecified atom stereocenters. The lowest BCUT2D eigenvalue weighted by Gasteiger charge is -2.18. The maximum atomic E-state index is 12.9.